The molecule has 0 amide bonds. The van der Waals surface area contributed by atoms with E-state index in [9.17, 15) is 23.7 Å². The highest BCUT2D eigenvalue weighted by Crippen LogP contribution is 2.42. The number of benzene rings is 5. The van der Waals surface area contributed by atoms with Crippen molar-refractivity contribution in [1.82, 2.24) is 14.1 Å². The molecule has 0 unspecified atom stereocenters. The molecule has 0 aliphatic carbocycles. The summed E-state index contributed by atoms with van der Waals surface area (Å²) in [5, 5.41) is 22.7. The molecule has 0 spiro atoms. The Labute approximate surface area is 260 Å². The number of fused-ring (bicyclic) bond motifs is 6. The molecule has 218 valence electrons. The molecule has 0 aliphatic heterocycles. The minimum atomic E-state index is -4.59. The number of nitrogens with zero attached hydrogens (tertiary/aromatic N) is 5. The third-order valence-corrected chi connectivity index (χ3v) is 8.45. The molecule has 0 fully saturated rings. The summed E-state index contributed by atoms with van der Waals surface area (Å²) < 4.78 is 46.9. The molecule has 0 saturated carbocycles. The number of rotatable bonds is 3. The van der Waals surface area contributed by atoms with Crippen LogP contribution in [0.2, 0.25) is 0 Å². The van der Waals surface area contributed by atoms with E-state index in [1.54, 1.807) is 30.5 Å². The van der Waals surface area contributed by atoms with Gasteiger partial charge in [0.05, 0.1) is 68.0 Å². The summed E-state index contributed by atoms with van der Waals surface area (Å²) in [7, 11) is 0. The van der Waals surface area contributed by atoms with Crippen LogP contribution in [0.25, 0.3) is 66.2 Å². The zero-order valence-electron chi connectivity index (χ0n) is 23.9. The van der Waals surface area contributed by atoms with Crippen LogP contribution in [-0.4, -0.2) is 14.1 Å². The number of aromatic nitrogens is 3. The lowest BCUT2D eigenvalue weighted by atomic mass is 10.0. The zero-order valence-corrected chi connectivity index (χ0v) is 23.9. The maximum Gasteiger partial charge on any atom is 0.416 e. The van der Waals surface area contributed by atoms with Gasteiger partial charge in [-0.1, -0.05) is 36.4 Å². The summed E-state index contributed by atoms with van der Waals surface area (Å²) in [5.41, 5.74) is 5.10. The molecule has 3 aromatic heterocycles. The number of pyridine rings is 1. The standard InChI is InChI=1S/C38H20F3N5/c39-38(40,41)25-13-16-35(45-31-8-3-1-6-26(31)28-18-23(21-42)11-14-33(28)45)30(20-25)37-36(10-5-17-44-37)46-32-9-4-2-7-27(32)29-19-24(22-43)12-15-34(29)46/h1-20H. The first kappa shape index (κ1) is 27.2. The van der Waals surface area contributed by atoms with Crippen molar-refractivity contribution in [3.63, 3.8) is 0 Å². The van der Waals surface area contributed by atoms with Crippen molar-refractivity contribution in [2.24, 2.45) is 0 Å². The summed E-state index contributed by atoms with van der Waals surface area (Å²) >= 11 is 0. The predicted molar refractivity (Wildman–Crippen MR) is 173 cm³/mol. The van der Waals surface area contributed by atoms with Gasteiger partial charge in [-0.3, -0.25) is 4.98 Å². The number of hydrogen-bond donors (Lipinski definition) is 0. The van der Waals surface area contributed by atoms with Crippen molar-refractivity contribution in [2.75, 3.05) is 0 Å². The maximum absolute atomic E-state index is 14.3. The number of para-hydroxylation sites is 2. The van der Waals surface area contributed by atoms with Crippen molar-refractivity contribution in [1.29, 1.82) is 10.5 Å². The summed E-state index contributed by atoms with van der Waals surface area (Å²) in [6, 6.07) is 37.9. The van der Waals surface area contributed by atoms with Gasteiger partial charge in [0, 0.05) is 33.3 Å². The Morgan fingerprint density at radius 2 is 1.09 bits per heavy atom. The lowest BCUT2D eigenvalue weighted by Gasteiger charge is -2.19. The average molecular weight is 604 g/mol. The summed E-state index contributed by atoms with van der Waals surface area (Å²) in [6.45, 7) is 0. The Morgan fingerprint density at radius 3 is 1.65 bits per heavy atom. The van der Waals surface area contributed by atoms with E-state index in [1.165, 1.54) is 6.07 Å². The lowest BCUT2D eigenvalue weighted by molar-refractivity contribution is -0.137. The molecule has 8 heteroatoms. The van der Waals surface area contributed by atoms with Gasteiger partial charge in [-0.05, 0) is 78.9 Å². The van der Waals surface area contributed by atoms with E-state index in [0.29, 0.717) is 28.2 Å². The topological polar surface area (TPSA) is 70.3 Å². The minimum absolute atomic E-state index is 0.289. The maximum atomic E-state index is 14.3. The molecule has 0 aliphatic rings. The second-order valence-electron chi connectivity index (χ2n) is 11.0. The third kappa shape index (κ3) is 4.05. The molecule has 0 atom stereocenters. The van der Waals surface area contributed by atoms with E-state index in [1.807, 2.05) is 81.9 Å². The van der Waals surface area contributed by atoms with Crippen LogP contribution in [0.4, 0.5) is 13.2 Å². The van der Waals surface area contributed by atoms with Crippen molar-refractivity contribution in [3.8, 4) is 34.8 Å². The normalized spacial score (nSPS) is 11.8. The Bertz CT molecular complexity index is 2610. The molecule has 0 radical (unpaired) electrons. The molecule has 0 N–H and O–H groups in total. The van der Waals surface area contributed by atoms with Crippen LogP contribution < -0.4 is 0 Å². The largest absolute Gasteiger partial charge is 0.416 e. The van der Waals surface area contributed by atoms with E-state index in [2.05, 4.69) is 12.1 Å². The van der Waals surface area contributed by atoms with Gasteiger partial charge in [-0.15, -0.1) is 0 Å². The van der Waals surface area contributed by atoms with Crippen LogP contribution in [-0.2, 0) is 6.18 Å². The molecule has 46 heavy (non-hydrogen) atoms. The van der Waals surface area contributed by atoms with Crippen LogP contribution in [0, 0.1) is 22.7 Å². The van der Waals surface area contributed by atoms with Gasteiger partial charge in [0.1, 0.15) is 0 Å². The number of alkyl halides is 3. The average Bonchev–Trinajstić information content (AvgIpc) is 3.59. The van der Waals surface area contributed by atoms with Gasteiger partial charge in [0.2, 0.25) is 0 Å². The van der Waals surface area contributed by atoms with Crippen molar-refractivity contribution in [2.45, 2.75) is 6.18 Å². The van der Waals surface area contributed by atoms with Gasteiger partial charge in [-0.25, -0.2) is 0 Å². The first-order valence-electron chi connectivity index (χ1n) is 14.4. The molecule has 0 saturated heterocycles. The SMILES string of the molecule is N#Cc1ccc2c(c1)c1ccccc1n2-c1ccc(C(F)(F)F)cc1-c1ncccc1-n1c2ccccc2c2cc(C#N)ccc21. The Hall–Kier alpha value is -6.38. The number of hydrogen-bond acceptors (Lipinski definition) is 3. The Kier molecular flexibility index (Phi) is 5.96. The van der Waals surface area contributed by atoms with Gasteiger partial charge >= 0.3 is 6.18 Å². The smallest absolute Gasteiger partial charge is 0.309 e. The van der Waals surface area contributed by atoms with Crippen molar-refractivity contribution in [3.05, 3.63) is 138 Å². The van der Waals surface area contributed by atoms with E-state index in [4.69, 9.17) is 4.98 Å². The fourth-order valence-corrected chi connectivity index (χ4v) is 6.49. The summed E-state index contributed by atoms with van der Waals surface area (Å²) in [4.78, 5) is 4.74. The van der Waals surface area contributed by atoms with Crippen molar-refractivity contribution >= 4 is 43.6 Å². The number of halogens is 3. The van der Waals surface area contributed by atoms with Gasteiger partial charge < -0.3 is 9.13 Å². The molecule has 5 aromatic carbocycles. The van der Waals surface area contributed by atoms with E-state index < -0.39 is 11.7 Å². The Morgan fingerprint density at radius 1 is 0.543 bits per heavy atom. The van der Waals surface area contributed by atoms with E-state index in [0.717, 1.165) is 55.7 Å². The highest BCUT2D eigenvalue weighted by atomic mass is 19.4. The monoisotopic (exact) mass is 603 g/mol. The molecular formula is C38H20F3N5. The van der Waals surface area contributed by atoms with Crippen LogP contribution >= 0.6 is 0 Å². The molecule has 8 aromatic rings. The van der Waals surface area contributed by atoms with Crippen molar-refractivity contribution < 1.29 is 13.2 Å². The highest BCUT2D eigenvalue weighted by Gasteiger charge is 2.32. The first-order valence-corrected chi connectivity index (χ1v) is 14.4. The van der Waals surface area contributed by atoms with Gasteiger partial charge in [0.25, 0.3) is 0 Å². The molecule has 3 heterocycles. The quantitative estimate of drug-likeness (QED) is 0.202. The fourth-order valence-electron chi connectivity index (χ4n) is 6.49. The van der Waals surface area contributed by atoms with E-state index in [-0.39, 0.29) is 5.56 Å². The lowest BCUT2D eigenvalue weighted by Crippen LogP contribution is -2.08. The fraction of sp³-hybridized carbons (Fsp3) is 0.0263. The molecule has 5 nitrogen and oxygen atoms in total. The van der Waals surface area contributed by atoms with Gasteiger partial charge in [-0.2, -0.15) is 23.7 Å². The second-order valence-corrected chi connectivity index (χ2v) is 11.0. The zero-order chi connectivity index (χ0) is 31.6. The van der Waals surface area contributed by atoms with Crippen LogP contribution in [0.3, 0.4) is 0 Å². The predicted octanol–water partition coefficient (Wildman–Crippen LogP) is 9.70. The summed E-state index contributed by atoms with van der Waals surface area (Å²) in [5.74, 6) is 0. The van der Waals surface area contributed by atoms with Crippen LogP contribution in [0.15, 0.2) is 121 Å². The summed E-state index contributed by atoms with van der Waals surface area (Å²) in [6.07, 6.45) is -3.01. The number of nitriles is 2. The first-order chi connectivity index (χ1) is 22.4. The second kappa shape index (κ2) is 10.1. The van der Waals surface area contributed by atoms with Crippen LogP contribution in [0.1, 0.15) is 16.7 Å². The highest BCUT2D eigenvalue weighted by molar-refractivity contribution is 6.11. The third-order valence-electron chi connectivity index (χ3n) is 8.45. The molecular weight excluding hydrogens is 583 g/mol. The Balaban J connectivity index is 1.49. The van der Waals surface area contributed by atoms with E-state index >= 15 is 0 Å². The van der Waals surface area contributed by atoms with Crippen LogP contribution in [0.5, 0.6) is 0 Å². The minimum Gasteiger partial charge on any atom is -0.309 e. The molecule has 0 bridgehead atoms. The van der Waals surface area contributed by atoms with Gasteiger partial charge in [0.15, 0.2) is 0 Å². The molecule has 8 rings (SSSR count).